The van der Waals surface area contributed by atoms with Crippen molar-refractivity contribution in [2.24, 2.45) is 5.41 Å². The van der Waals surface area contributed by atoms with Crippen LogP contribution in [0.2, 0.25) is 0 Å². The molecule has 1 fully saturated rings. The third-order valence-electron chi connectivity index (χ3n) is 3.14. The lowest BCUT2D eigenvalue weighted by Crippen LogP contribution is -2.30. The topological polar surface area (TPSA) is 63.4 Å². The highest BCUT2D eigenvalue weighted by Gasteiger charge is 2.36. The van der Waals surface area contributed by atoms with E-state index in [2.05, 4.69) is 13.8 Å². The normalized spacial score (nSPS) is 20.6. The van der Waals surface area contributed by atoms with E-state index in [0.29, 0.717) is 18.8 Å². The summed E-state index contributed by atoms with van der Waals surface area (Å²) in [4.78, 5) is 0.287. The quantitative estimate of drug-likeness (QED) is 0.817. The molecule has 0 spiro atoms. The molecule has 1 aliphatic heterocycles. The van der Waals surface area contributed by atoms with Crippen LogP contribution in [0.15, 0.2) is 29.2 Å². The van der Waals surface area contributed by atoms with Gasteiger partial charge in [-0.2, -0.15) is 4.31 Å². The second kappa shape index (κ2) is 3.99. The van der Waals surface area contributed by atoms with Crippen LogP contribution >= 0.6 is 0 Å². The number of nitrogens with zero attached hydrogens (tertiary/aromatic N) is 1. The van der Waals surface area contributed by atoms with Gasteiger partial charge in [0.15, 0.2) is 0 Å². The fraction of sp³-hybridized carbons (Fsp3) is 0.500. The monoisotopic (exact) mass is 254 g/mol. The minimum Gasteiger partial charge on any atom is -0.399 e. The number of benzene rings is 1. The average Bonchev–Trinajstić information content (AvgIpc) is 2.59. The second-order valence-electron chi connectivity index (χ2n) is 5.33. The van der Waals surface area contributed by atoms with E-state index in [-0.39, 0.29) is 10.3 Å². The van der Waals surface area contributed by atoms with Crippen LogP contribution < -0.4 is 5.73 Å². The molecule has 0 atom stereocenters. The van der Waals surface area contributed by atoms with Gasteiger partial charge in [0.2, 0.25) is 10.0 Å². The van der Waals surface area contributed by atoms with Crippen LogP contribution in [0.1, 0.15) is 20.3 Å². The first kappa shape index (κ1) is 12.4. The maximum Gasteiger partial charge on any atom is 0.243 e. The summed E-state index contributed by atoms with van der Waals surface area (Å²) in [7, 11) is -3.38. The molecule has 2 N–H and O–H groups in total. The summed E-state index contributed by atoms with van der Waals surface area (Å²) in [5, 5.41) is 0. The largest absolute Gasteiger partial charge is 0.399 e. The summed E-state index contributed by atoms with van der Waals surface area (Å²) in [6.07, 6.45) is 0.897. The van der Waals surface area contributed by atoms with Crippen molar-refractivity contribution in [1.29, 1.82) is 0 Å². The highest BCUT2D eigenvalue weighted by Crippen LogP contribution is 2.32. The molecule has 0 aliphatic carbocycles. The van der Waals surface area contributed by atoms with E-state index in [4.69, 9.17) is 5.73 Å². The predicted molar refractivity (Wildman–Crippen MR) is 68.0 cm³/mol. The molecule has 2 rings (SSSR count). The maximum absolute atomic E-state index is 12.3. The van der Waals surface area contributed by atoms with Crippen LogP contribution in [0.5, 0.6) is 0 Å². The molecule has 1 aromatic carbocycles. The van der Waals surface area contributed by atoms with Crippen LogP contribution in [0.25, 0.3) is 0 Å². The highest BCUT2D eigenvalue weighted by atomic mass is 32.2. The van der Waals surface area contributed by atoms with Gasteiger partial charge in [-0.15, -0.1) is 0 Å². The third-order valence-corrected chi connectivity index (χ3v) is 4.98. The van der Waals surface area contributed by atoms with Crippen LogP contribution in [0, 0.1) is 5.41 Å². The molecule has 1 saturated heterocycles. The first-order chi connectivity index (χ1) is 7.81. The molecule has 17 heavy (non-hydrogen) atoms. The van der Waals surface area contributed by atoms with Crippen molar-refractivity contribution in [2.75, 3.05) is 18.8 Å². The molecule has 4 nitrogen and oxygen atoms in total. The molecule has 1 aromatic rings. The zero-order valence-electron chi connectivity index (χ0n) is 10.2. The number of nitrogens with two attached hydrogens (primary N) is 1. The molecule has 5 heteroatoms. The lowest BCUT2D eigenvalue weighted by atomic mass is 9.93. The number of nitrogen functional groups attached to an aromatic ring is 1. The standard InChI is InChI=1S/C12H18N2O2S/c1-12(2)6-7-14(9-12)17(15,16)11-5-3-4-10(13)8-11/h3-5,8H,6-7,9,13H2,1-2H3. The molecule has 94 valence electrons. The lowest BCUT2D eigenvalue weighted by molar-refractivity contribution is 0.375. The summed E-state index contributed by atoms with van der Waals surface area (Å²) < 4.78 is 26.2. The maximum atomic E-state index is 12.3. The van der Waals surface area contributed by atoms with Crippen molar-refractivity contribution in [3.8, 4) is 0 Å². The van der Waals surface area contributed by atoms with Crippen LogP contribution in [0.4, 0.5) is 5.69 Å². The smallest absolute Gasteiger partial charge is 0.243 e. The molecular formula is C12H18N2O2S. The Bertz CT molecular complexity index is 523. The van der Waals surface area contributed by atoms with Crippen LogP contribution in [-0.2, 0) is 10.0 Å². The van der Waals surface area contributed by atoms with E-state index < -0.39 is 10.0 Å². The minimum atomic E-state index is -3.38. The summed E-state index contributed by atoms with van der Waals surface area (Å²) in [6.45, 7) is 5.33. The number of anilines is 1. The van der Waals surface area contributed by atoms with Gasteiger partial charge in [0.25, 0.3) is 0 Å². The summed E-state index contributed by atoms with van der Waals surface area (Å²) in [5.41, 5.74) is 6.16. The Morgan fingerprint density at radius 3 is 2.59 bits per heavy atom. The Morgan fingerprint density at radius 1 is 1.35 bits per heavy atom. The fourth-order valence-electron chi connectivity index (χ4n) is 2.09. The van der Waals surface area contributed by atoms with E-state index >= 15 is 0 Å². The van der Waals surface area contributed by atoms with E-state index in [1.807, 2.05) is 0 Å². The first-order valence-corrected chi connectivity index (χ1v) is 7.11. The average molecular weight is 254 g/mol. The van der Waals surface area contributed by atoms with Gasteiger partial charge in [0.05, 0.1) is 4.90 Å². The molecule has 1 heterocycles. The first-order valence-electron chi connectivity index (χ1n) is 5.67. The molecule has 0 radical (unpaired) electrons. The van der Waals surface area contributed by atoms with Gasteiger partial charge in [-0.05, 0) is 30.0 Å². The molecule has 0 aromatic heterocycles. The Kier molecular flexibility index (Phi) is 2.91. The highest BCUT2D eigenvalue weighted by molar-refractivity contribution is 7.89. The van der Waals surface area contributed by atoms with Gasteiger partial charge in [0, 0.05) is 18.8 Å². The minimum absolute atomic E-state index is 0.0629. The summed E-state index contributed by atoms with van der Waals surface area (Å²) in [6, 6.07) is 6.47. The molecule has 1 aliphatic rings. The SMILES string of the molecule is CC1(C)CCN(S(=O)(=O)c2cccc(N)c2)C1. The van der Waals surface area contributed by atoms with Gasteiger partial charge in [-0.3, -0.25) is 0 Å². The Morgan fingerprint density at radius 2 is 2.06 bits per heavy atom. The Hall–Kier alpha value is -1.07. The van der Waals surface area contributed by atoms with Crippen LogP contribution in [0.3, 0.4) is 0 Å². The van der Waals surface area contributed by atoms with E-state index in [0.717, 1.165) is 6.42 Å². The Labute approximate surface area is 102 Å². The fourth-order valence-corrected chi connectivity index (χ4v) is 3.78. The molecule has 0 unspecified atom stereocenters. The molecular weight excluding hydrogens is 236 g/mol. The van der Waals surface area contributed by atoms with Crippen molar-refractivity contribution >= 4 is 15.7 Å². The van der Waals surface area contributed by atoms with Crippen molar-refractivity contribution in [2.45, 2.75) is 25.2 Å². The third kappa shape index (κ3) is 2.45. The number of hydrogen-bond donors (Lipinski definition) is 1. The van der Waals surface area contributed by atoms with Crippen LogP contribution in [-0.4, -0.2) is 25.8 Å². The van der Waals surface area contributed by atoms with Crippen molar-refractivity contribution in [3.63, 3.8) is 0 Å². The lowest BCUT2D eigenvalue weighted by Gasteiger charge is -2.19. The van der Waals surface area contributed by atoms with Gasteiger partial charge >= 0.3 is 0 Å². The zero-order valence-corrected chi connectivity index (χ0v) is 11.0. The van der Waals surface area contributed by atoms with Gasteiger partial charge in [-0.1, -0.05) is 19.9 Å². The molecule has 0 bridgehead atoms. The number of rotatable bonds is 2. The van der Waals surface area contributed by atoms with Crippen molar-refractivity contribution in [1.82, 2.24) is 4.31 Å². The van der Waals surface area contributed by atoms with Gasteiger partial charge in [0.1, 0.15) is 0 Å². The Balaban J connectivity index is 2.32. The van der Waals surface area contributed by atoms with E-state index in [1.54, 1.807) is 22.5 Å². The van der Waals surface area contributed by atoms with Gasteiger partial charge < -0.3 is 5.73 Å². The van der Waals surface area contributed by atoms with Gasteiger partial charge in [-0.25, -0.2) is 8.42 Å². The second-order valence-corrected chi connectivity index (χ2v) is 7.26. The summed E-state index contributed by atoms with van der Waals surface area (Å²) in [5.74, 6) is 0. The predicted octanol–water partition coefficient (Wildman–Crippen LogP) is 1.69. The molecule has 0 amide bonds. The van der Waals surface area contributed by atoms with E-state index in [1.165, 1.54) is 6.07 Å². The summed E-state index contributed by atoms with van der Waals surface area (Å²) >= 11 is 0. The zero-order chi connectivity index (χ0) is 12.7. The van der Waals surface area contributed by atoms with Crippen molar-refractivity contribution < 1.29 is 8.42 Å². The number of hydrogen-bond acceptors (Lipinski definition) is 3. The number of sulfonamides is 1. The molecule has 0 saturated carbocycles. The van der Waals surface area contributed by atoms with E-state index in [9.17, 15) is 8.42 Å². The van der Waals surface area contributed by atoms with Crippen molar-refractivity contribution in [3.05, 3.63) is 24.3 Å².